The Kier molecular flexibility index (Phi) is 8.91. The van der Waals surface area contributed by atoms with Crippen molar-refractivity contribution in [3.05, 3.63) is 0 Å². The first kappa shape index (κ1) is 25.7. The van der Waals surface area contributed by atoms with Crippen molar-refractivity contribution in [2.75, 3.05) is 0 Å². The molecule has 0 saturated carbocycles. The van der Waals surface area contributed by atoms with Gasteiger partial charge >= 0.3 is 0 Å². The molecular weight excluding hydrogens is 597 g/mol. The largest absolute Gasteiger partial charge is 0.251 e. The summed E-state index contributed by atoms with van der Waals surface area (Å²) < 4.78 is 5.18. The first-order valence-electron chi connectivity index (χ1n) is 4.30. The average molecular weight is 598 g/mol. The molecule has 0 bridgehead atoms. The maximum atomic E-state index is 11.1. The predicted molar refractivity (Wildman–Crippen MR) is 103 cm³/mol. The minimum Gasteiger partial charge on any atom is -0.229 e. The maximum absolute atomic E-state index is 11.1. The highest BCUT2D eigenvalue weighted by atomic mass is 35.6. The fourth-order valence-corrected chi connectivity index (χ4v) is 5.10. The van der Waals surface area contributed by atoms with E-state index in [1.54, 1.807) is 0 Å². The minimum atomic E-state index is -3.71. The number of alkyl halides is 13. The van der Waals surface area contributed by atoms with Gasteiger partial charge in [-0.05, 0) is 0 Å². The number of halogens is 13. The quantitative estimate of drug-likeness (QED) is 0.280. The van der Waals surface area contributed by atoms with Crippen molar-refractivity contribution in [2.24, 2.45) is 0 Å². The Labute approximate surface area is 192 Å². The lowest BCUT2D eigenvalue weighted by molar-refractivity contribution is 0.522. The topological polar surface area (TPSA) is 34.1 Å². The normalized spacial score (nSPS) is 16.3. The second kappa shape index (κ2) is 7.62. The van der Waals surface area contributed by atoms with E-state index in [0.29, 0.717) is 0 Å². The summed E-state index contributed by atoms with van der Waals surface area (Å²) in [4.78, 5) is 0. The highest BCUT2D eigenvalue weighted by Crippen LogP contribution is 2.69. The van der Waals surface area contributed by atoms with Crippen LogP contribution in [0.15, 0.2) is 0 Å². The number of thiol groups is 1. The summed E-state index contributed by atoms with van der Waals surface area (Å²) in [6.45, 7) is 0. The molecule has 0 atom stereocenters. The van der Waals surface area contributed by atoms with E-state index in [1.807, 2.05) is 0 Å². The standard InChI is InChI=1S/C6HCl13O2S/c7-1(8,3(11,12)5(15,16)17)2(9,10)4(13,14)6(18,19)22(20)21/h22H. The van der Waals surface area contributed by atoms with E-state index in [4.69, 9.17) is 151 Å². The van der Waals surface area contributed by atoms with Crippen LogP contribution in [0.1, 0.15) is 0 Å². The van der Waals surface area contributed by atoms with E-state index in [9.17, 15) is 8.42 Å². The van der Waals surface area contributed by atoms with Gasteiger partial charge in [-0.3, -0.25) is 0 Å². The lowest BCUT2D eigenvalue weighted by Crippen LogP contribution is -2.65. The molecule has 22 heavy (non-hydrogen) atoms. The molecule has 0 aromatic carbocycles. The molecule has 0 unspecified atom stereocenters. The Morgan fingerprint density at radius 1 is 0.455 bits per heavy atom. The molecule has 16 heteroatoms. The third-order valence-electron chi connectivity index (χ3n) is 2.15. The Hall–Kier alpha value is 3.72. The van der Waals surface area contributed by atoms with Crippen molar-refractivity contribution < 1.29 is 8.42 Å². The molecule has 134 valence electrons. The summed E-state index contributed by atoms with van der Waals surface area (Å²) in [5.74, 6) is 0. The van der Waals surface area contributed by atoms with Crippen molar-refractivity contribution in [2.45, 2.75) is 24.8 Å². The second-order valence-electron chi connectivity index (χ2n) is 3.59. The van der Waals surface area contributed by atoms with Crippen LogP contribution in [0.2, 0.25) is 0 Å². The first-order chi connectivity index (χ1) is 9.19. The van der Waals surface area contributed by atoms with Crippen molar-refractivity contribution in [3.63, 3.8) is 0 Å². The van der Waals surface area contributed by atoms with E-state index in [0.717, 1.165) is 0 Å². The van der Waals surface area contributed by atoms with Gasteiger partial charge in [0.15, 0.2) is 19.4 Å². The van der Waals surface area contributed by atoms with Gasteiger partial charge in [0.2, 0.25) is 12.5 Å². The van der Waals surface area contributed by atoms with E-state index in [-0.39, 0.29) is 0 Å². The zero-order valence-corrected chi connectivity index (χ0v) is 19.9. The average Bonchev–Trinajstić information content (AvgIpc) is 2.25. The molecule has 2 nitrogen and oxygen atoms in total. The third-order valence-corrected chi connectivity index (χ3v) is 12.1. The van der Waals surface area contributed by atoms with E-state index in [2.05, 4.69) is 0 Å². The zero-order chi connectivity index (χ0) is 18.6. The highest BCUT2D eigenvalue weighted by Gasteiger charge is 2.77. The van der Waals surface area contributed by atoms with Gasteiger partial charge in [0.05, 0.1) is 0 Å². The van der Waals surface area contributed by atoms with Gasteiger partial charge in [0, 0.05) is 0 Å². The molecule has 0 aliphatic heterocycles. The summed E-state index contributed by atoms with van der Waals surface area (Å²) in [5.41, 5.74) is 0. The molecule has 0 rings (SSSR count). The Bertz CT molecular complexity index is 493. The lowest BCUT2D eigenvalue weighted by Gasteiger charge is -2.49. The summed E-state index contributed by atoms with van der Waals surface area (Å²) in [6, 6.07) is 0. The van der Waals surface area contributed by atoms with Gasteiger partial charge in [0.1, 0.15) is 0 Å². The number of hydrogen-bond donors (Lipinski definition) is 1. The summed E-state index contributed by atoms with van der Waals surface area (Å²) in [6.07, 6.45) is 0. The van der Waals surface area contributed by atoms with Gasteiger partial charge < -0.3 is 0 Å². The van der Waals surface area contributed by atoms with Crippen molar-refractivity contribution in [1.29, 1.82) is 0 Å². The van der Waals surface area contributed by atoms with Crippen LogP contribution in [0.5, 0.6) is 0 Å². The van der Waals surface area contributed by atoms with Crippen molar-refractivity contribution in [3.8, 4) is 0 Å². The fraction of sp³-hybridized carbons (Fsp3) is 1.00. The van der Waals surface area contributed by atoms with Crippen LogP contribution in [0.25, 0.3) is 0 Å². The fourth-order valence-electron chi connectivity index (χ4n) is 0.876. The number of hydrogen-bond acceptors (Lipinski definition) is 2. The molecule has 0 aliphatic carbocycles. The molecular formula is C6HCl13O2S. The predicted octanol–water partition coefficient (Wildman–Crippen LogP) is 6.79. The van der Waals surface area contributed by atoms with Crippen LogP contribution < -0.4 is 0 Å². The van der Waals surface area contributed by atoms with Gasteiger partial charge in [-0.2, -0.15) is 0 Å². The third kappa shape index (κ3) is 4.09. The highest BCUT2D eigenvalue weighted by molar-refractivity contribution is 7.78. The molecule has 0 amide bonds. The Morgan fingerprint density at radius 3 is 0.955 bits per heavy atom. The van der Waals surface area contributed by atoms with Crippen LogP contribution in [0.3, 0.4) is 0 Å². The SMILES string of the molecule is O=[SH](=O)C(Cl)(Cl)C(Cl)(Cl)C(Cl)(Cl)C(Cl)(Cl)C(Cl)(Cl)C(Cl)(Cl)Cl. The molecule has 0 fully saturated rings. The monoisotopic (exact) mass is 592 g/mol. The Balaban J connectivity index is 6.35. The van der Waals surface area contributed by atoms with Gasteiger partial charge in [-0.1, -0.05) is 151 Å². The summed E-state index contributed by atoms with van der Waals surface area (Å²) in [7, 11) is -3.71. The number of rotatable bonds is 5. The van der Waals surface area contributed by atoms with Gasteiger partial charge in [0.25, 0.3) is 3.67 Å². The molecule has 0 spiro atoms. The molecule has 0 aliphatic rings. The molecule has 0 aromatic heterocycles. The molecule has 0 aromatic rings. The second-order valence-corrected chi connectivity index (χ2v) is 14.2. The van der Waals surface area contributed by atoms with Crippen LogP contribution in [0.4, 0.5) is 0 Å². The van der Waals surface area contributed by atoms with Gasteiger partial charge in [-0.15, -0.1) is 0 Å². The first-order valence-corrected chi connectivity index (χ1v) is 10.4. The molecule has 0 heterocycles. The van der Waals surface area contributed by atoms with Gasteiger partial charge in [-0.25, -0.2) is 8.42 Å². The molecule has 0 radical (unpaired) electrons. The molecule has 0 N–H and O–H groups in total. The minimum absolute atomic E-state index is 2.57. The smallest absolute Gasteiger partial charge is 0.229 e. The van der Waals surface area contributed by atoms with E-state index in [1.165, 1.54) is 0 Å². The summed E-state index contributed by atoms with van der Waals surface area (Å²) >= 11 is 74.6. The van der Waals surface area contributed by atoms with Crippen LogP contribution in [-0.4, -0.2) is 33.2 Å². The van der Waals surface area contributed by atoms with Crippen LogP contribution in [-0.2, 0) is 10.7 Å². The maximum Gasteiger partial charge on any atom is 0.251 e. The summed E-state index contributed by atoms with van der Waals surface area (Å²) in [5, 5.41) is 0. The lowest BCUT2D eigenvalue weighted by atomic mass is 10.1. The zero-order valence-electron chi connectivity index (χ0n) is 9.18. The van der Waals surface area contributed by atoms with Crippen LogP contribution in [0, 0.1) is 0 Å². The van der Waals surface area contributed by atoms with E-state index < -0.39 is 35.5 Å². The van der Waals surface area contributed by atoms with Crippen LogP contribution >= 0.6 is 151 Å². The van der Waals surface area contributed by atoms with E-state index >= 15 is 0 Å². The molecule has 0 saturated heterocycles. The van der Waals surface area contributed by atoms with Crippen molar-refractivity contribution >= 4 is 162 Å². The van der Waals surface area contributed by atoms with Crippen molar-refractivity contribution in [1.82, 2.24) is 0 Å². The Morgan fingerprint density at radius 2 is 0.727 bits per heavy atom.